The van der Waals surface area contributed by atoms with Crippen LogP contribution in [0.2, 0.25) is 0 Å². The van der Waals surface area contributed by atoms with Crippen LogP contribution in [0.15, 0.2) is 27.8 Å². The number of aryl methyl sites for hydroxylation is 1. The molecule has 0 bridgehead atoms. The average molecular weight is 312 g/mol. The summed E-state index contributed by atoms with van der Waals surface area (Å²) in [5.41, 5.74) is 0.800. The second-order valence-corrected chi connectivity index (χ2v) is 7.38. The summed E-state index contributed by atoms with van der Waals surface area (Å²) < 4.78 is 26.8. The maximum absolute atomic E-state index is 12.0. The third-order valence-corrected chi connectivity index (χ3v) is 5.32. The van der Waals surface area contributed by atoms with Gasteiger partial charge in [0, 0.05) is 25.9 Å². The van der Waals surface area contributed by atoms with Crippen molar-refractivity contribution in [2.75, 3.05) is 19.0 Å². The zero-order valence-corrected chi connectivity index (χ0v) is 13.1. The normalized spacial score (nSPS) is 11.6. The highest BCUT2D eigenvalue weighted by Gasteiger charge is 2.15. The lowest BCUT2D eigenvalue weighted by Gasteiger charge is -2.13. The van der Waals surface area contributed by atoms with Gasteiger partial charge in [0.1, 0.15) is 15.9 Å². The highest BCUT2D eigenvalue weighted by molar-refractivity contribution is 7.91. The third kappa shape index (κ3) is 3.53. The van der Waals surface area contributed by atoms with E-state index >= 15 is 0 Å². The van der Waals surface area contributed by atoms with Gasteiger partial charge in [-0.2, -0.15) is 0 Å². The van der Waals surface area contributed by atoms with Crippen LogP contribution in [0, 0.1) is 6.92 Å². The Morgan fingerprint density at radius 3 is 2.70 bits per heavy atom. The minimum Gasteiger partial charge on any atom is -0.363 e. The standard InChI is InChI=1S/C12H16N4O2S2/c1-9-7-11(16(2)3)15-10(14-9)8-13-20(17,18)12-5-4-6-19-12/h4-7,13H,8H2,1-3H3. The van der Waals surface area contributed by atoms with Crippen LogP contribution in [0.25, 0.3) is 0 Å². The molecule has 0 atom stereocenters. The Labute approximate surface area is 122 Å². The molecule has 2 aromatic rings. The van der Waals surface area contributed by atoms with Crippen LogP contribution in [-0.4, -0.2) is 32.5 Å². The molecular formula is C12H16N4O2S2. The molecule has 6 nitrogen and oxygen atoms in total. The molecule has 0 radical (unpaired) electrons. The first-order valence-electron chi connectivity index (χ1n) is 5.93. The summed E-state index contributed by atoms with van der Waals surface area (Å²) in [6, 6.07) is 5.11. The molecule has 20 heavy (non-hydrogen) atoms. The molecule has 0 unspecified atom stereocenters. The van der Waals surface area contributed by atoms with Gasteiger partial charge in [-0.25, -0.2) is 23.1 Å². The Morgan fingerprint density at radius 2 is 2.10 bits per heavy atom. The molecule has 0 saturated carbocycles. The molecular weight excluding hydrogens is 296 g/mol. The van der Waals surface area contributed by atoms with Gasteiger partial charge in [-0.1, -0.05) is 6.07 Å². The van der Waals surface area contributed by atoms with Crippen molar-refractivity contribution in [3.05, 3.63) is 35.1 Å². The largest absolute Gasteiger partial charge is 0.363 e. The van der Waals surface area contributed by atoms with Crippen molar-refractivity contribution in [2.45, 2.75) is 17.7 Å². The fourth-order valence-electron chi connectivity index (χ4n) is 1.57. The topological polar surface area (TPSA) is 75.2 Å². The van der Waals surface area contributed by atoms with Gasteiger partial charge in [-0.3, -0.25) is 0 Å². The molecule has 0 spiro atoms. The van der Waals surface area contributed by atoms with Crippen molar-refractivity contribution in [1.29, 1.82) is 0 Å². The number of hydrogen-bond donors (Lipinski definition) is 1. The van der Waals surface area contributed by atoms with E-state index in [4.69, 9.17) is 0 Å². The SMILES string of the molecule is Cc1cc(N(C)C)nc(CNS(=O)(=O)c2cccs2)n1. The fraction of sp³-hybridized carbons (Fsp3) is 0.333. The monoisotopic (exact) mass is 312 g/mol. The van der Waals surface area contributed by atoms with Crippen molar-refractivity contribution in [3.63, 3.8) is 0 Å². The number of rotatable bonds is 5. The average Bonchev–Trinajstić information content (AvgIpc) is 2.90. The van der Waals surface area contributed by atoms with E-state index in [1.807, 2.05) is 32.0 Å². The second-order valence-electron chi connectivity index (χ2n) is 4.43. The number of nitrogens with one attached hydrogen (secondary N) is 1. The maximum atomic E-state index is 12.0. The quantitative estimate of drug-likeness (QED) is 0.903. The van der Waals surface area contributed by atoms with E-state index in [-0.39, 0.29) is 10.8 Å². The highest BCUT2D eigenvalue weighted by Crippen LogP contribution is 2.16. The van der Waals surface area contributed by atoms with E-state index in [0.29, 0.717) is 5.82 Å². The van der Waals surface area contributed by atoms with Gasteiger partial charge < -0.3 is 4.90 Å². The summed E-state index contributed by atoms with van der Waals surface area (Å²) in [5, 5.41) is 1.72. The molecule has 0 aliphatic rings. The van der Waals surface area contributed by atoms with E-state index in [2.05, 4.69) is 14.7 Å². The van der Waals surface area contributed by atoms with Crippen LogP contribution in [0.5, 0.6) is 0 Å². The number of sulfonamides is 1. The van der Waals surface area contributed by atoms with Crippen LogP contribution < -0.4 is 9.62 Å². The summed E-state index contributed by atoms with van der Waals surface area (Å²) in [6.45, 7) is 1.93. The molecule has 0 aliphatic carbocycles. The molecule has 108 valence electrons. The summed E-state index contributed by atoms with van der Waals surface area (Å²) in [4.78, 5) is 10.4. The van der Waals surface area contributed by atoms with Gasteiger partial charge in [0.2, 0.25) is 10.0 Å². The van der Waals surface area contributed by atoms with Gasteiger partial charge >= 0.3 is 0 Å². The van der Waals surface area contributed by atoms with E-state index in [9.17, 15) is 8.42 Å². The summed E-state index contributed by atoms with van der Waals surface area (Å²) in [5.74, 6) is 1.21. The molecule has 0 amide bonds. The van der Waals surface area contributed by atoms with E-state index < -0.39 is 10.0 Å². The molecule has 0 aliphatic heterocycles. The Kier molecular flexibility index (Phi) is 4.36. The molecule has 0 fully saturated rings. The Bertz CT molecular complexity index is 681. The van der Waals surface area contributed by atoms with Crippen molar-refractivity contribution in [2.24, 2.45) is 0 Å². The van der Waals surface area contributed by atoms with Gasteiger partial charge in [0.15, 0.2) is 0 Å². The number of anilines is 1. The Hall–Kier alpha value is -1.51. The highest BCUT2D eigenvalue weighted by atomic mass is 32.2. The third-order valence-electron chi connectivity index (χ3n) is 2.53. The minimum absolute atomic E-state index is 0.0722. The molecule has 2 heterocycles. The van der Waals surface area contributed by atoms with E-state index in [0.717, 1.165) is 11.5 Å². The van der Waals surface area contributed by atoms with Crippen LogP contribution in [0.4, 0.5) is 5.82 Å². The summed E-state index contributed by atoms with van der Waals surface area (Å²) in [7, 11) is 0.267. The fourth-order valence-corrected chi connectivity index (χ4v) is 3.59. The van der Waals surface area contributed by atoms with Crippen molar-refractivity contribution in [1.82, 2.24) is 14.7 Å². The molecule has 0 saturated heterocycles. The number of nitrogens with zero attached hydrogens (tertiary/aromatic N) is 3. The first-order valence-corrected chi connectivity index (χ1v) is 8.30. The zero-order chi connectivity index (χ0) is 14.8. The van der Waals surface area contributed by atoms with Gasteiger partial charge in [-0.05, 0) is 18.4 Å². The molecule has 2 aromatic heterocycles. The van der Waals surface area contributed by atoms with Gasteiger partial charge in [-0.15, -0.1) is 11.3 Å². The van der Waals surface area contributed by atoms with Crippen molar-refractivity contribution in [3.8, 4) is 0 Å². The van der Waals surface area contributed by atoms with Gasteiger partial charge in [0.05, 0.1) is 6.54 Å². The predicted molar refractivity (Wildman–Crippen MR) is 79.4 cm³/mol. The lowest BCUT2D eigenvalue weighted by Crippen LogP contribution is -2.24. The van der Waals surface area contributed by atoms with E-state index in [1.165, 1.54) is 11.3 Å². The lowest BCUT2D eigenvalue weighted by molar-refractivity contribution is 0.581. The Balaban J connectivity index is 2.15. The van der Waals surface area contributed by atoms with E-state index in [1.54, 1.807) is 17.5 Å². The first-order chi connectivity index (χ1) is 9.38. The maximum Gasteiger partial charge on any atom is 0.250 e. The van der Waals surface area contributed by atoms with Crippen LogP contribution in [-0.2, 0) is 16.6 Å². The van der Waals surface area contributed by atoms with Crippen molar-refractivity contribution >= 4 is 27.2 Å². The van der Waals surface area contributed by atoms with Crippen molar-refractivity contribution < 1.29 is 8.42 Å². The zero-order valence-electron chi connectivity index (χ0n) is 11.5. The lowest BCUT2D eigenvalue weighted by atomic mass is 10.4. The van der Waals surface area contributed by atoms with Crippen LogP contribution in [0.1, 0.15) is 11.5 Å². The predicted octanol–water partition coefficient (Wildman–Crippen LogP) is 1.39. The smallest absolute Gasteiger partial charge is 0.250 e. The van der Waals surface area contributed by atoms with Crippen LogP contribution in [0.3, 0.4) is 0 Å². The molecule has 8 heteroatoms. The summed E-state index contributed by atoms with van der Waals surface area (Å²) in [6.07, 6.45) is 0. The number of thiophene rings is 1. The second kappa shape index (κ2) is 5.86. The first kappa shape index (κ1) is 14.9. The number of hydrogen-bond acceptors (Lipinski definition) is 6. The minimum atomic E-state index is -3.49. The Morgan fingerprint density at radius 1 is 1.35 bits per heavy atom. The molecule has 2 rings (SSSR count). The number of aromatic nitrogens is 2. The van der Waals surface area contributed by atoms with Crippen LogP contribution >= 0.6 is 11.3 Å². The molecule has 0 aromatic carbocycles. The van der Waals surface area contributed by atoms with Gasteiger partial charge in [0.25, 0.3) is 0 Å². The molecule has 1 N–H and O–H groups in total. The summed E-state index contributed by atoms with van der Waals surface area (Å²) >= 11 is 1.18.